The summed E-state index contributed by atoms with van der Waals surface area (Å²) in [4.78, 5) is 12.2. The number of aliphatic carboxylic acids is 1. The first-order chi connectivity index (χ1) is 6.59. The van der Waals surface area contributed by atoms with Gasteiger partial charge in [-0.1, -0.05) is 0 Å². The summed E-state index contributed by atoms with van der Waals surface area (Å²) in [5, 5.41) is 8.46. The van der Waals surface area contributed by atoms with Crippen LogP contribution in [0.5, 0.6) is 0 Å². The second-order valence-corrected chi connectivity index (χ2v) is 3.30. The summed E-state index contributed by atoms with van der Waals surface area (Å²) in [6, 6.07) is 3.78. The predicted octanol–water partition coefficient (Wildman–Crippen LogP) is 1.89. The Bertz CT molecular complexity index is 306. The number of carboxylic acid groups (broad SMARTS) is 1. The highest BCUT2D eigenvalue weighted by atomic mass is 16.4. The second kappa shape index (κ2) is 4.69. The van der Waals surface area contributed by atoms with Gasteiger partial charge in [0.2, 0.25) is 0 Å². The Labute approximate surface area is 83.1 Å². The lowest BCUT2D eigenvalue weighted by molar-refractivity contribution is -0.137. The molecule has 78 valence electrons. The lowest BCUT2D eigenvalue weighted by Crippen LogP contribution is -2.18. The van der Waals surface area contributed by atoms with E-state index in [-0.39, 0.29) is 6.42 Å². The number of carbonyl (C=O) groups is 1. The molecule has 0 aliphatic rings. The normalized spacial score (nSPS) is 10.1. The van der Waals surface area contributed by atoms with Gasteiger partial charge < -0.3 is 14.4 Å². The van der Waals surface area contributed by atoms with Gasteiger partial charge >= 0.3 is 5.97 Å². The van der Waals surface area contributed by atoms with Gasteiger partial charge in [-0.15, -0.1) is 0 Å². The third-order valence-corrected chi connectivity index (χ3v) is 1.99. The highest BCUT2D eigenvalue weighted by molar-refractivity contribution is 5.66. The van der Waals surface area contributed by atoms with Crippen LogP contribution in [0.25, 0.3) is 0 Å². The molecule has 14 heavy (non-hydrogen) atoms. The van der Waals surface area contributed by atoms with Gasteiger partial charge in [-0.2, -0.15) is 0 Å². The highest BCUT2D eigenvalue weighted by Gasteiger charge is 2.05. The monoisotopic (exact) mass is 197 g/mol. The summed E-state index contributed by atoms with van der Waals surface area (Å²) in [6.45, 7) is 2.58. The molecule has 1 heterocycles. The quantitative estimate of drug-likeness (QED) is 0.783. The first-order valence-corrected chi connectivity index (χ1v) is 4.59. The van der Waals surface area contributed by atoms with E-state index < -0.39 is 5.97 Å². The number of hydrogen-bond acceptors (Lipinski definition) is 3. The second-order valence-electron chi connectivity index (χ2n) is 3.30. The number of anilines is 1. The average Bonchev–Trinajstić information content (AvgIpc) is 2.51. The van der Waals surface area contributed by atoms with Crippen LogP contribution in [-0.2, 0) is 4.79 Å². The molecule has 0 fully saturated rings. The van der Waals surface area contributed by atoms with E-state index in [2.05, 4.69) is 0 Å². The van der Waals surface area contributed by atoms with E-state index in [9.17, 15) is 4.79 Å². The van der Waals surface area contributed by atoms with Crippen molar-refractivity contribution in [3.05, 3.63) is 17.9 Å². The van der Waals surface area contributed by atoms with Gasteiger partial charge in [0, 0.05) is 26.1 Å². The molecule has 0 spiro atoms. The summed E-state index contributed by atoms with van der Waals surface area (Å²) in [5.41, 5.74) is 0. The third-order valence-electron chi connectivity index (χ3n) is 1.99. The van der Waals surface area contributed by atoms with Crippen molar-refractivity contribution >= 4 is 11.9 Å². The number of carboxylic acids is 1. The molecule has 0 amide bonds. The zero-order valence-corrected chi connectivity index (χ0v) is 8.49. The first-order valence-electron chi connectivity index (χ1n) is 4.59. The summed E-state index contributed by atoms with van der Waals surface area (Å²) >= 11 is 0. The molecule has 0 radical (unpaired) electrons. The van der Waals surface area contributed by atoms with E-state index in [0.29, 0.717) is 13.0 Å². The molecule has 1 rings (SSSR count). The third kappa shape index (κ3) is 3.12. The molecule has 0 aromatic carbocycles. The van der Waals surface area contributed by atoms with Crippen LogP contribution in [0.3, 0.4) is 0 Å². The van der Waals surface area contributed by atoms with E-state index in [0.717, 1.165) is 11.6 Å². The van der Waals surface area contributed by atoms with Crippen LogP contribution in [0.15, 0.2) is 16.5 Å². The summed E-state index contributed by atoms with van der Waals surface area (Å²) in [7, 11) is 1.89. The van der Waals surface area contributed by atoms with E-state index in [1.807, 2.05) is 31.0 Å². The molecule has 1 N–H and O–H groups in total. The molecule has 4 nitrogen and oxygen atoms in total. The Hall–Kier alpha value is -1.45. The molecule has 0 atom stereocenters. The zero-order chi connectivity index (χ0) is 10.6. The Morgan fingerprint density at radius 1 is 1.57 bits per heavy atom. The minimum absolute atomic E-state index is 0.198. The van der Waals surface area contributed by atoms with Crippen LogP contribution in [0.4, 0.5) is 5.88 Å². The lowest BCUT2D eigenvalue weighted by Gasteiger charge is -2.14. The maximum Gasteiger partial charge on any atom is 0.303 e. The number of aryl methyl sites for hydroxylation is 1. The largest absolute Gasteiger partial charge is 0.481 e. The van der Waals surface area contributed by atoms with Gasteiger partial charge in [0.1, 0.15) is 5.76 Å². The molecular weight excluding hydrogens is 182 g/mol. The zero-order valence-electron chi connectivity index (χ0n) is 8.49. The van der Waals surface area contributed by atoms with Crippen LogP contribution < -0.4 is 4.90 Å². The van der Waals surface area contributed by atoms with Crippen LogP contribution in [-0.4, -0.2) is 24.7 Å². The standard InChI is InChI=1S/C10H15NO3/c1-8-5-6-9(14-8)11(2)7-3-4-10(12)13/h5-6H,3-4,7H2,1-2H3,(H,12,13). The van der Waals surface area contributed by atoms with Crippen molar-refractivity contribution in [1.29, 1.82) is 0 Å². The van der Waals surface area contributed by atoms with E-state index in [4.69, 9.17) is 9.52 Å². The molecule has 0 aliphatic heterocycles. The Morgan fingerprint density at radius 3 is 2.79 bits per heavy atom. The smallest absolute Gasteiger partial charge is 0.303 e. The average molecular weight is 197 g/mol. The summed E-state index contributed by atoms with van der Waals surface area (Å²) < 4.78 is 5.38. The van der Waals surface area contributed by atoms with Gasteiger partial charge in [-0.3, -0.25) is 4.79 Å². The number of hydrogen-bond donors (Lipinski definition) is 1. The van der Waals surface area contributed by atoms with Crippen molar-refractivity contribution in [3.8, 4) is 0 Å². The van der Waals surface area contributed by atoms with Gasteiger partial charge in [-0.05, 0) is 19.4 Å². The number of furan rings is 1. The molecule has 0 aliphatic carbocycles. The van der Waals surface area contributed by atoms with Crippen molar-refractivity contribution in [3.63, 3.8) is 0 Å². The maximum absolute atomic E-state index is 10.3. The SMILES string of the molecule is Cc1ccc(N(C)CCCC(=O)O)o1. The predicted molar refractivity (Wildman–Crippen MR) is 53.6 cm³/mol. The molecule has 0 bridgehead atoms. The highest BCUT2D eigenvalue weighted by Crippen LogP contribution is 2.16. The molecule has 1 aromatic heterocycles. The Morgan fingerprint density at radius 2 is 2.29 bits per heavy atom. The fourth-order valence-corrected chi connectivity index (χ4v) is 1.20. The van der Waals surface area contributed by atoms with Gasteiger partial charge in [0.25, 0.3) is 0 Å². The van der Waals surface area contributed by atoms with Crippen molar-refractivity contribution in [1.82, 2.24) is 0 Å². The van der Waals surface area contributed by atoms with Crippen LogP contribution in [0.2, 0.25) is 0 Å². The fraction of sp³-hybridized carbons (Fsp3) is 0.500. The topological polar surface area (TPSA) is 53.7 Å². The van der Waals surface area contributed by atoms with Crippen LogP contribution in [0, 0.1) is 6.92 Å². The molecule has 4 heteroatoms. The fourth-order valence-electron chi connectivity index (χ4n) is 1.20. The minimum atomic E-state index is -0.756. The summed E-state index contributed by atoms with van der Waals surface area (Å²) in [6.07, 6.45) is 0.829. The van der Waals surface area contributed by atoms with Crippen LogP contribution in [0.1, 0.15) is 18.6 Å². The minimum Gasteiger partial charge on any atom is -0.481 e. The molecule has 1 aromatic rings. The molecular formula is C10H15NO3. The Kier molecular flexibility index (Phi) is 3.56. The van der Waals surface area contributed by atoms with Crippen molar-refractivity contribution < 1.29 is 14.3 Å². The molecule has 0 saturated heterocycles. The van der Waals surface area contributed by atoms with Crippen LogP contribution >= 0.6 is 0 Å². The van der Waals surface area contributed by atoms with E-state index >= 15 is 0 Å². The van der Waals surface area contributed by atoms with Crippen molar-refractivity contribution in [2.45, 2.75) is 19.8 Å². The Balaban J connectivity index is 2.35. The number of rotatable bonds is 5. The van der Waals surface area contributed by atoms with Gasteiger partial charge in [0.15, 0.2) is 5.88 Å². The van der Waals surface area contributed by atoms with Crippen molar-refractivity contribution in [2.75, 3.05) is 18.5 Å². The number of nitrogens with zero attached hydrogens (tertiary/aromatic N) is 1. The molecule has 0 saturated carbocycles. The van der Waals surface area contributed by atoms with E-state index in [1.54, 1.807) is 0 Å². The van der Waals surface area contributed by atoms with E-state index in [1.165, 1.54) is 0 Å². The molecule has 0 unspecified atom stereocenters. The van der Waals surface area contributed by atoms with Gasteiger partial charge in [-0.25, -0.2) is 0 Å². The van der Waals surface area contributed by atoms with Crippen molar-refractivity contribution in [2.24, 2.45) is 0 Å². The summed E-state index contributed by atoms with van der Waals surface area (Å²) in [5.74, 6) is 0.895. The maximum atomic E-state index is 10.3. The lowest BCUT2D eigenvalue weighted by atomic mass is 10.3. The van der Waals surface area contributed by atoms with Gasteiger partial charge in [0.05, 0.1) is 0 Å². The first kappa shape index (κ1) is 10.6.